The summed E-state index contributed by atoms with van der Waals surface area (Å²) in [4.78, 5) is 18.6. The van der Waals surface area contributed by atoms with Gasteiger partial charge in [0.15, 0.2) is 12.0 Å². The van der Waals surface area contributed by atoms with Crippen molar-refractivity contribution >= 4 is 17.4 Å². The van der Waals surface area contributed by atoms with Gasteiger partial charge in [-0.2, -0.15) is 5.26 Å². The van der Waals surface area contributed by atoms with Crippen LogP contribution in [0.1, 0.15) is 6.42 Å². The van der Waals surface area contributed by atoms with Crippen molar-refractivity contribution in [2.45, 2.75) is 12.0 Å². The number of nitriles is 1. The number of rotatable bonds is 1. The highest BCUT2D eigenvalue weighted by molar-refractivity contribution is 6.06. The van der Waals surface area contributed by atoms with Gasteiger partial charge in [0.25, 0.3) is 5.91 Å². The Bertz CT molecular complexity index is 813. The van der Waals surface area contributed by atoms with Gasteiger partial charge in [0.2, 0.25) is 0 Å². The number of nitrogens with zero attached hydrogens (tertiary/aromatic N) is 3. The molecule has 6 nitrogen and oxygen atoms in total. The van der Waals surface area contributed by atoms with Crippen LogP contribution in [-0.2, 0) is 4.79 Å². The third-order valence-corrected chi connectivity index (χ3v) is 4.45. The minimum absolute atomic E-state index is 0.102. The first-order chi connectivity index (χ1) is 11.2. The first kappa shape index (κ1) is 13.6. The van der Waals surface area contributed by atoms with Crippen LogP contribution in [0.25, 0.3) is 11.1 Å². The molecule has 6 heteroatoms. The molecule has 1 atom stereocenters. The third-order valence-electron chi connectivity index (χ3n) is 4.45. The van der Waals surface area contributed by atoms with E-state index in [-0.39, 0.29) is 5.91 Å². The van der Waals surface area contributed by atoms with Crippen molar-refractivity contribution < 1.29 is 4.79 Å². The second-order valence-electron chi connectivity index (χ2n) is 5.92. The molecule has 1 fully saturated rings. The lowest BCUT2D eigenvalue weighted by Crippen LogP contribution is -2.54. The molecule has 114 valence electrons. The van der Waals surface area contributed by atoms with Crippen LogP contribution in [0.4, 0.5) is 11.5 Å². The van der Waals surface area contributed by atoms with Crippen LogP contribution >= 0.6 is 0 Å². The molecule has 2 N–H and O–H groups in total. The van der Waals surface area contributed by atoms with E-state index in [1.165, 1.54) is 0 Å². The summed E-state index contributed by atoms with van der Waals surface area (Å²) in [7, 11) is 0. The maximum Gasteiger partial charge on any atom is 0.252 e. The number of hydrogen-bond acceptors (Lipinski definition) is 5. The van der Waals surface area contributed by atoms with Gasteiger partial charge < -0.3 is 15.5 Å². The van der Waals surface area contributed by atoms with Gasteiger partial charge in [-0.25, -0.2) is 4.98 Å². The normalized spacial score (nSPS) is 22.2. The molecule has 1 amide bonds. The molecule has 1 saturated heterocycles. The maximum absolute atomic E-state index is 12.6. The molecule has 23 heavy (non-hydrogen) atoms. The molecular weight excluding hydrogens is 290 g/mol. The Kier molecular flexibility index (Phi) is 2.95. The minimum atomic E-state index is -0.760. The van der Waals surface area contributed by atoms with E-state index < -0.39 is 5.54 Å². The molecule has 2 aliphatic heterocycles. The predicted molar refractivity (Wildman–Crippen MR) is 86.5 cm³/mol. The average Bonchev–Trinajstić information content (AvgIpc) is 3.01. The van der Waals surface area contributed by atoms with Crippen molar-refractivity contribution in [3.8, 4) is 17.3 Å². The predicted octanol–water partition coefficient (Wildman–Crippen LogP) is 2.04. The van der Waals surface area contributed by atoms with Crippen LogP contribution in [0.5, 0.6) is 0 Å². The van der Waals surface area contributed by atoms with E-state index in [9.17, 15) is 4.79 Å². The lowest BCUT2D eigenvalue weighted by molar-refractivity contribution is -0.120. The lowest BCUT2D eigenvalue weighted by atomic mass is 9.94. The zero-order valence-electron chi connectivity index (χ0n) is 12.4. The number of anilines is 2. The minimum Gasteiger partial charge on any atom is -0.353 e. The summed E-state index contributed by atoms with van der Waals surface area (Å²) in [5.74, 6) is 0.554. The van der Waals surface area contributed by atoms with E-state index in [1.54, 1.807) is 11.1 Å². The molecule has 4 rings (SSSR count). The highest BCUT2D eigenvalue weighted by Crippen LogP contribution is 2.36. The van der Waals surface area contributed by atoms with Crippen LogP contribution in [0.2, 0.25) is 0 Å². The SMILES string of the molecule is N#CN1CC[C@@]2(C1)Nc1ncc(-c3ccccc3)cc1NC2=O. The quantitative estimate of drug-likeness (QED) is 0.788. The molecule has 0 saturated carbocycles. The number of benzene rings is 1. The van der Waals surface area contributed by atoms with Crippen molar-refractivity contribution in [2.75, 3.05) is 23.7 Å². The van der Waals surface area contributed by atoms with E-state index in [2.05, 4.69) is 21.8 Å². The second-order valence-corrected chi connectivity index (χ2v) is 5.92. The fraction of sp³-hybridized carbons (Fsp3) is 0.235. The summed E-state index contributed by atoms with van der Waals surface area (Å²) >= 11 is 0. The number of carbonyl (C=O) groups excluding carboxylic acids is 1. The maximum atomic E-state index is 12.6. The third kappa shape index (κ3) is 2.18. The molecule has 2 aromatic rings. The summed E-state index contributed by atoms with van der Waals surface area (Å²) in [6.07, 6.45) is 4.49. The summed E-state index contributed by atoms with van der Waals surface area (Å²) < 4.78 is 0. The van der Waals surface area contributed by atoms with E-state index in [0.29, 0.717) is 31.0 Å². The molecular formula is C17H15N5O. The van der Waals surface area contributed by atoms with E-state index in [4.69, 9.17) is 5.26 Å². The number of nitrogens with one attached hydrogen (secondary N) is 2. The lowest BCUT2D eigenvalue weighted by Gasteiger charge is -2.34. The summed E-state index contributed by atoms with van der Waals surface area (Å²) in [5, 5.41) is 15.2. The summed E-state index contributed by atoms with van der Waals surface area (Å²) in [6, 6.07) is 11.8. The van der Waals surface area contributed by atoms with Crippen LogP contribution in [0.15, 0.2) is 42.6 Å². The number of likely N-dealkylation sites (tertiary alicyclic amines) is 1. The fourth-order valence-electron chi connectivity index (χ4n) is 3.16. The van der Waals surface area contributed by atoms with E-state index in [0.717, 1.165) is 11.1 Å². The van der Waals surface area contributed by atoms with Crippen LogP contribution in [0.3, 0.4) is 0 Å². The van der Waals surface area contributed by atoms with Gasteiger partial charge >= 0.3 is 0 Å². The molecule has 1 aromatic carbocycles. The molecule has 2 aliphatic rings. The highest BCUT2D eigenvalue weighted by Gasteiger charge is 2.47. The summed E-state index contributed by atoms with van der Waals surface area (Å²) in [6.45, 7) is 0.950. The second kappa shape index (κ2) is 4.99. The monoisotopic (exact) mass is 305 g/mol. The van der Waals surface area contributed by atoms with Gasteiger partial charge in [-0.15, -0.1) is 0 Å². The van der Waals surface area contributed by atoms with E-state index in [1.807, 2.05) is 36.4 Å². The van der Waals surface area contributed by atoms with Gasteiger partial charge in [0, 0.05) is 18.3 Å². The molecule has 0 aliphatic carbocycles. The Morgan fingerprint density at radius 3 is 2.83 bits per heavy atom. The van der Waals surface area contributed by atoms with Crippen molar-refractivity contribution in [3.05, 3.63) is 42.6 Å². The van der Waals surface area contributed by atoms with Crippen molar-refractivity contribution in [1.82, 2.24) is 9.88 Å². The molecule has 1 spiro atoms. The molecule has 1 aromatic heterocycles. The van der Waals surface area contributed by atoms with Crippen molar-refractivity contribution in [1.29, 1.82) is 5.26 Å². The Balaban J connectivity index is 1.67. The van der Waals surface area contributed by atoms with Crippen LogP contribution in [-0.4, -0.2) is 34.4 Å². The number of amides is 1. The first-order valence-corrected chi connectivity index (χ1v) is 7.50. The molecule has 0 radical (unpaired) electrons. The van der Waals surface area contributed by atoms with Crippen molar-refractivity contribution in [2.24, 2.45) is 0 Å². The Hall–Kier alpha value is -3.07. The number of fused-ring (bicyclic) bond motifs is 1. The number of pyridine rings is 1. The molecule has 3 heterocycles. The zero-order chi connectivity index (χ0) is 15.9. The van der Waals surface area contributed by atoms with Crippen molar-refractivity contribution in [3.63, 3.8) is 0 Å². The number of aromatic nitrogens is 1. The van der Waals surface area contributed by atoms with Gasteiger partial charge in [-0.05, 0) is 18.1 Å². The Labute approximate surface area is 133 Å². The smallest absolute Gasteiger partial charge is 0.252 e. The van der Waals surface area contributed by atoms with Gasteiger partial charge in [-0.3, -0.25) is 4.79 Å². The van der Waals surface area contributed by atoms with Gasteiger partial charge in [0.1, 0.15) is 5.54 Å². The Morgan fingerprint density at radius 2 is 2.09 bits per heavy atom. The fourth-order valence-corrected chi connectivity index (χ4v) is 3.16. The zero-order valence-corrected chi connectivity index (χ0v) is 12.4. The average molecular weight is 305 g/mol. The number of hydrogen-bond donors (Lipinski definition) is 2. The first-order valence-electron chi connectivity index (χ1n) is 7.50. The van der Waals surface area contributed by atoms with Gasteiger partial charge in [-0.1, -0.05) is 30.3 Å². The van der Waals surface area contributed by atoms with Crippen LogP contribution in [0, 0.1) is 11.5 Å². The van der Waals surface area contributed by atoms with Gasteiger partial charge in [0.05, 0.1) is 12.2 Å². The molecule has 0 bridgehead atoms. The Morgan fingerprint density at radius 1 is 1.26 bits per heavy atom. The topological polar surface area (TPSA) is 81.1 Å². The van der Waals surface area contributed by atoms with E-state index >= 15 is 0 Å². The molecule has 0 unspecified atom stereocenters. The summed E-state index contributed by atoms with van der Waals surface area (Å²) in [5.41, 5.74) is 1.92. The van der Waals surface area contributed by atoms with Crippen LogP contribution < -0.4 is 10.6 Å². The number of carbonyl (C=O) groups is 1. The standard InChI is InChI=1S/C17H15N5O/c18-11-22-7-6-17(10-22)16(23)20-14-8-13(9-19-15(14)21-17)12-4-2-1-3-5-12/h1-5,8-9H,6-7,10H2,(H,19,21)(H,20,23)/t17-/m0/s1. The largest absolute Gasteiger partial charge is 0.353 e. The highest BCUT2D eigenvalue weighted by atomic mass is 16.2.